The number of nitrogens with zero attached hydrogens (tertiary/aromatic N) is 5. The first kappa shape index (κ1) is 23.6. The third-order valence-corrected chi connectivity index (χ3v) is 5.66. The minimum atomic E-state index is -0.175. The zero-order chi connectivity index (χ0) is 22.2. The Balaban J connectivity index is 1.58. The van der Waals surface area contributed by atoms with E-state index in [2.05, 4.69) is 14.9 Å². The van der Waals surface area contributed by atoms with E-state index in [1.807, 2.05) is 25.7 Å². The van der Waals surface area contributed by atoms with E-state index in [0.29, 0.717) is 38.3 Å². The van der Waals surface area contributed by atoms with Crippen molar-refractivity contribution in [2.45, 2.75) is 45.8 Å². The van der Waals surface area contributed by atoms with Crippen molar-refractivity contribution < 1.29 is 19.1 Å². The Bertz CT molecular complexity index is 713. The van der Waals surface area contributed by atoms with Crippen LogP contribution in [0.4, 0.5) is 0 Å². The third-order valence-electron chi connectivity index (χ3n) is 5.66. The van der Waals surface area contributed by atoms with Crippen molar-refractivity contribution in [2.75, 3.05) is 59.0 Å². The Morgan fingerprint density at radius 2 is 1.81 bits per heavy atom. The molecule has 2 aliphatic rings. The van der Waals surface area contributed by atoms with Crippen LogP contribution in [0.2, 0.25) is 0 Å². The van der Waals surface area contributed by atoms with E-state index in [1.165, 1.54) is 6.20 Å². The number of rotatable bonds is 8. The number of morpholine rings is 2. The molecule has 0 N–H and O–H groups in total. The zero-order valence-corrected chi connectivity index (χ0v) is 19.0. The minimum absolute atomic E-state index is 0.0294. The van der Waals surface area contributed by atoms with Crippen LogP contribution in [0.3, 0.4) is 0 Å². The molecular weight excluding hydrogens is 398 g/mol. The molecule has 0 saturated carbocycles. The van der Waals surface area contributed by atoms with Gasteiger partial charge in [0.1, 0.15) is 5.69 Å². The second kappa shape index (κ2) is 11.5. The van der Waals surface area contributed by atoms with Crippen molar-refractivity contribution in [3.8, 4) is 0 Å². The molecular formula is C22H35N5O4. The first-order valence-electron chi connectivity index (χ1n) is 11.2. The molecule has 0 aromatic carbocycles. The number of aromatic nitrogens is 2. The van der Waals surface area contributed by atoms with Gasteiger partial charge in [0, 0.05) is 58.4 Å². The average molecular weight is 434 g/mol. The molecule has 2 atom stereocenters. The van der Waals surface area contributed by atoms with Crippen molar-refractivity contribution in [3.05, 3.63) is 23.8 Å². The van der Waals surface area contributed by atoms with Crippen LogP contribution in [0.5, 0.6) is 0 Å². The van der Waals surface area contributed by atoms with Crippen LogP contribution in [0.15, 0.2) is 12.4 Å². The highest BCUT2D eigenvalue weighted by Gasteiger charge is 2.27. The monoisotopic (exact) mass is 433 g/mol. The summed E-state index contributed by atoms with van der Waals surface area (Å²) >= 11 is 0. The van der Waals surface area contributed by atoms with E-state index in [1.54, 1.807) is 11.1 Å². The molecule has 3 rings (SSSR count). The number of ether oxygens (including phenoxy) is 2. The van der Waals surface area contributed by atoms with E-state index in [4.69, 9.17) is 9.47 Å². The first-order chi connectivity index (χ1) is 14.9. The second-order valence-corrected chi connectivity index (χ2v) is 8.45. The highest BCUT2D eigenvalue weighted by atomic mass is 16.5. The van der Waals surface area contributed by atoms with Crippen molar-refractivity contribution >= 4 is 11.8 Å². The highest BCUT2D eigenvalue weighted by molar-refractivity contribution is 5.92. The predicted molar refractivity (Wildman–Crippen MR) is 116 cm³/mol. The van der Waals surface area contributed by atoms with Crippen LogP contribution < -0.4 is 0 Å². The van der Waals surface area contributed by atoms with Gasteiger partial charge in [-0.2, -0.15) is 0 Å². The normalized spacial score (nSPS) is 22.4. The van der Waals surface area contributed by atoms with E-state index in [-0.39, 0.29) is 24.0 Å². The summed E-state index contributed by atoms with van der Waals surface area (Å²) in [5.41, 5.74) is 1.08. The zero-order valence-electron chi connectivity index (χ0n) is 19.0. The topological polar surface area (TPSA) is 88.1 Å². The van der Waals surface area contributed by atoms with Crippen molar-refractivity contribution in [2.24, 2.45) is 0 Å². The molecule has 1 aromatic rings. The lowest BCUT2D eigenvalue weighted by Gasteiger charge is -2.35. The summed E-state index contributed by atoms with van der Waals surface area (Å²) in [5, 5.41) is 0. The second-order valence-electron chi connectivity index (χ2n) is 8.45. The lowest BCUT2D eigenvalue weighted by atomic mass is 10.2. The van der Waals surface area contributed by atoms with Gasteiger partial charge >= 0.3 is 0 Å². The molecule has 2 fully saturated rings. The van der Waals surface area contributed by atoms with E-state index in [0.717, 1.165) is 45.0 Å². The first-order valence-corrected chi connectivity index (χ1v) is 11.2. The van der Waals surface area contributed by atoms with Gasteiger partial charge in [0.15, 0.2) is 0 Å². The Labute approximate surface area is 184 Å². The van der Waals surface area contributed by atoms with Crippen LogP contribution in [-0.2, 0) is 14.3 Å². The summed E-state index contributed by atoms with van der Waals surface area (Å²) in [6.07, 6.45) is 4.30. The number of hydrogen-bond donors (Lipinski definition) is 0. The number of aryl methyl sites for hydroxylation is 1. The van der Waals surface area contributed by atoms with Gasteiger partial charge in [-0.25, -0.2) is 4.98 Å². The molecule has 9 nitrogen and oxygen atoms in total. The van der Waals surface area contributed by atoms with Crippen LogP contribution in [0.25, 0.3) is 0 Å². The molecule has 9 heteroatoms. The van der Waals surface area contributed by atoms with Gasteiger partial charge in [-0.1, -0.05) is 0 Å². The Morgan fingerprint density at radius 1 is 1.10 bits per heavy atom. The SMILES string of the molecule is Cc1cnc(C(=O)N(CCCN2CCOCC2)CCC(=O)N2CC(C)OC(C)C2)cn1. The fourth-order valence-electron chi connectivity index (χ4n) is 4.06. The van der Waals surface area contributed by atoms with Crippen molar-refractivity contribution in [3.63, 3.8) is 0 Å². The molecule has 3 heterocycles. The average Bonchev–Trinajstić information content (AvgIpc) is 2.76. The highest BCUT2D eigenvalue weighted by Crippen LogP contribution is 2.13. The van der Waals surface area contributed by atoms with E-state index >= 15 is 0 Å². The van der Waals surface area contributed by atoms with Gasteiger partial charge in [-0.05, 0) is 27.2 Å². The van der Waals surface area contributed by atoms with Gasteiger partial charge in [0.25, 0.3) is 5.91 Å². The minimum Gasteiger partial charge on any atom is -0.379 e. The van der Waals surface area contributed by atoms with Gasteiger partial charge in [0.2, 0.25) is 5.91 Å². The Hall–Kier alpha value is -2.10. The summed E-state index contributed by atoms with van der Waals surface area (Å²) in [7, 11) is 0. The molecule has 2 unspecified atom stereocenters. The fourth-order valence-corrected chi connectivity index (χ4v) is 4.06. The summed E-state index contributed by atoms with van der Waals surface area (Å²) < 4.78 is 11.1. The maximum atomic E-state index is 13.1. The van der Waals surface area contributed by atoms with Crippen molar-refractivity contribution in [1.82, 2.24) is 24.7 Å². The molecule has 172 valence electrons. The maximum Gasteiger partial charge on any atom is 0.274 e. The summed E-state index contributed by atoms with van der Waals surface area (Å²) in [6, 6.07) is 0. The molecule has 0 spiro atoms. The summed E-state index contributed by atoms with van der Waals surface area (Å²) in [5.74, 6) is -0.117. The Morgan fingerprint density at radius 3 is 2.45 bits per heavy atom. The molecule has 2 aliphatic heterocycles. The van der Waals surface area contributed by atoms with Crippen LogP contribution in [0.1, 0.15) is 42.9 Å². The van der Waals surface area contributed by atoms with Crippen molar-refractivity contribution in [1.29, 1.82) is 0 Å². The fraction of sp³-hybridized carbons (Fsp3) is 0.727. The smallest absolute Gasteiger partial charge is 0.274 e. The van der Waals surface area contributed by atoms with Crippen LogP contribution >= 0.6 is 0 Å². The molecule has 0 aliphatic carbocycles. The molecule has 0 bridgehead atoms. The number of carbonyl (C=O) groups excluding carboxylic acids is 2. The van der Waals surface area contributed by atoms with Gasteiger partial charge in [0.05, 0.1) is 37.3 Å². The molecule has 1 aromatic heterocycles. The number of carbonyl (C=O) groups is 2. The quantitative estimate of drug-likeness (QED) is 0.604. The third kappa shape index (κ3) is 7.22. The predicted octanol–water partition coefficient (Wildman–Crippen LogP) is 0.975. The van der Waals surface area contributed by atoms with Gasteiger partial charge in [-0.15, -0.1) is 0 Å². The van der Waals surface area contributed by atoms with Crippen LogP contribution in [0, 0.1) is 6.92 Å². The van der Waals surface area contributed by atoms with E-state index < -0.39 is 0 Å². The van der Waals surface area contributed by atoms with Gasteiger partial charge in [-0.3, -0.25) is 19.5 Å². The summed E-state index contributed by atoms with van der Waals surface area (Å²) in [6.45, 7) is 12.2. The molecule has 2 amide bonds. The van der Waals surface area contributed by atoms with Gasteiger partial charge < -0.3 is 19.3 Å². The largest absolute Gasteiger partial charge is 0.379 e. The van der Waals surface area contributed by atoms with E-state index in [9.17, 15) is 9.59 Å². The lowest BCUT2D eigenvalue weighted by Crippen LogP contribution is -2.49. The Kier molecular flexibility index (Phi) is 8.74. The molecule has 31 heavy (non-hydrogen) atoms. The molecule has 2 saturated heterocycles. The standard InChI is InChI=1S/C22H35N5O4/c1-17-13-24-20(14-23-17)22(29)26(7-4-6-25-9-11-30-12-10-25)8-5-21(28)27-15-18(2)31-19(3)16-27/h13-14,18-19H,4-12,15-16H2,1-3H3. The summed E-state index contributed by atoms with van der Waals surface area (Å²) in [4.78, 5) is 40.3. The number of amides is 2. The number of hydrogen-bond acceptors (Lipinski definition) is 7. The maximum absolute atomic E-state index is 13.1. The van der Waals surface area contributed by atoms with Crippen LogP contribution in [-0.4, -0.2) is 108 Å². The molecule has 0 radical (unpaired) electrons. The lowest BCUT2D eigenvalue weighted by molar-refractivity contribution is -0.143.